The summed E-state index contributed by atoms with van der Waals surface area (Å²) < 4.78 is 13.9. The van der Waals surface area contributed by atoms with Crippen molar-refractivity contribution in [1.82, 2.24) is 20.4 Å². The Morgan fingerprint density at radius 3 is 2.88 bits per heavy atom. The first-order valence-corrected chi connectivity index (χ1v) is 9.61. The van der Waals surface area contributed by atoms with Crippen LogP contribution in [0, 0.1) is 11.7 Å². The summed E-state index contributed by atoms with van der Waals surface area (Å²) in [5, 5.41) is 11.5. The molecule has 0 spiro atoms. The molecule has 1 atom stereocenters. The van der Waals surface area contributed by atoms with Gasteiger partial charge in [0, 0.05) is 17.5 Å². The molecule has 5 rings (SSSR count). The molecule has 3 saturated heterocycles. The molecule has 2 bridgehead atoms. The summed E-state index contributed by atoms with van der Waals surface area (Å²) in [5.41, 5.74) is 0. The van der Waals surface area contributed by atoms with E-state index in [0.717, 1.165) is 37.4 Å². The molecule has 1 aromatic heterocycles. The lowest BCUT2D eigenvalue weighted by molar-refractivity contribution is 0.0620. The van der Waals surface area contributed by atoms with E-state index in [2.05, 4.69) is 20.4 Å². The van der Waals surface area contributed by atoms with E-state index in [-0.39, 0.29) is 17.8 Å². The number of fused-ring (bicyclic) bond motifs is 3. The zero-order chi connectivity index (χ0) is 16.5. The van der Waals surface area contributed by atoms with Crippen LogP contribution in [0.3, 0.4) is 0 Å². The lowest BCUT2D eigenvalue weighted by Crippen LogP contribution is -2.57. The van der Waals surface area contributed by atoms with E-state index in [0.29, 0.717) is 15.3 Å². The monoisotopic (exact) mass is 364 g/mol. The Labute approximate surface area is 147 Å². The number of carbonyl (C=O) groups is 1. The molecule has 1 amide bonds. The average Bonchev–Trinajstić information content (AvgIpc) is 3.05. The maximum atomic E-state index is 13.2. The molecule has 1 N–H and O–H groups in total. The molecular formula is C16H17FN4OS2. The van der Waals surface area contributed by atoms with Gasteiger partial charge >= 0.3 is 0 Å². The summed E-state index contributed by atoms with van der Waals surface area (Å²) in [7, 11) is 0. The molecule has 3 aliphatic heterocycles. The Morgan fingerprint density at radius 1 is 1.33 bits per heavy atom. The van der Waals surface area contributed by atoms with E-state index in [1.807, 2.05) is 6.07 Å². The minimum Gasteiger partial charge on any atom is -0.346 e. The number of nitrogens with zero attached hydrogens (tertiary/aromatic N) is 3. The zero-order valence-corrected chi connectivity index (χ0v) is 14.6. The zero-order valence-electron chi connectivity index (χ0n) is 12.9. The Kier molecular flexibility index (Phi) is 4.51. The summed E-state index contributed by atoms with van der Waals surface area (Å²) in [6, 6.07) is 6.51. The molecule has 1 aromatic carbocycles. The quantitative estimate of drug-likeness (QED) is 0.904. The second-order valence-corrected chi connectivity index (χ2v) is 8.45. The fourth-order valence-electron chi connectivity index (χ4n) is 3.33. The van der Waals surface area contributed by atoms with Crippen LogP contribution < -0.4 is 5.32 Å². The summed E-state index contributed by atoms with van der Waals surface area (Å²) in [4.78, 5) is 15.6. The highest BCUT2D eigenvalue weighted by Crippen LogP contribution is 2.31. The van der Waals surface area contributed by atoms with E-state index in [4.69, 9.17) is 0 Å². The highest BCUT2D eigenvalue weighted by molar-refractivity contribution is 8.01. The van der Waals surface area contributed by atoms with Gasteiger partial charge in [-0.05, 0) is 50.0 Å². The molecule has 0 aliphatic carbocycles. The van der Waals surface area contributed by atoms with Gasteiger partial charge in [-0.25, -0.2) is 4.39 Å². The molecule has 3 aliphatic rings. The Hall–Kier alpha value is -1.51. The van der Waals surface area contributed by atoms with Crippen LogP contribution in [0.1, 0.15) is 22.6 Å². The van der Waals surface area contributed by atoms with Crippen molar-refractivity contribution >= 4 is 29.0 Å². The second kappa shape index (κ2) is 6.78. The Bertz CT molecular complexity index is 745. The van der Waals surface area contributed by atoms with Crippen molar-refractivity contribution in [3.05, 3.63) is 35.1 Å². The third-order valence-corrected chi connectivity index (χ3v) is 6.54. The van der Waals surface area contributed by atoms with E-state index >= 15 is 0 Å². The average molecular weight is 364 g/mol. The van der Waals surface area contributed by atoms with Gasteiger partial charge in [0.2, 0.25) is 5.01 Å². The smallest absolute Gasteiger partial charge is 0.282 e. The summed E-state index contributed by atoms with van der Waals surface area (Å²) in [6.07, 6.45) is 2.31. The number of halogens is 1. The van der Waals surface area contributed by atoms with E-state index in [9.17, 15) is 9.18 Å². The van der Waals surface area contributed by atoms with Gasteiger partial charge in [-0.1, -0.05) is 29.2 Å². The van der Waals surface area contributed by atoms with Crippen molar-refractivity contribution < 1.29 is 9.18 Å². The summed E-state index contributed by atoms with van der Waals surface area (Å²) in [6.45, 7) is 3.22. The molecule has 2 aromatic rings. The van der Waals surface area contributed by atoms with Gasteiger partial charge < -0.3 is 10.2 Å². The van der Waals surface area contributed by atoms with Gasteiger partial charge in [0.05, 0.1) is 0 Å². The number of piperidine rings is 3. The summed E-state index contributed by atoms with van der Waals surface area (Å²) >= 11 is 2.56. The van der Waals surface area contributed by atoms with Gasteiger partial charge in [-0.3, -0.25) is 4.79 Å². The SMILES string of the molecule is O=C(N[C@H]1CN2CCC1CC2)c1nnc(Sc2cccc(F)c2)s1. The third-order valence-electron chi connectivity index (χ3n) is 4.57. The lowest BCUT2D eigenvalue weighted by atomic mass is 9.84. The number of aromatic nitrogens is 2. The third kappa shape index (κ3) is 3.45. The topological polar surface area (TPSA) is 58.1 Å². The number of nitrogens with one attached hydrogen (secondary N) is 1. The van der Waals surface area contributed by atoms with Crippen molar-refractivity contribution in [3.8, 4) is 0 Å². The number of hydrogen-bond acceptors (Lipinski definition) is 6. The normalized spacial score (nSPS) is 25.6. The second-order valence-electron chi connectivity index (χ2n) is 6.15. The van der Waals surface area contributed by atoms with Crippen LogP contribution in [-0.2, 0) is 0 Å². The fraction of sp³-hybridized carbons (Fsp3) is 0.438. The van der Waals surface area contributed by atoms with Crippen LogP contribution in [0.25, 0.3) is 0 Å². The van der Waals surface area contributed by atoms with Gasteiger partial charge in [0.1, 0.15) is 5.82 Å². The van der Waals surface area contributed by atoms with Crippen molar-refractivity contribution in [2.45, 2.75) is 28.1 Å². The first-order chi connectivity index (χ1) is 11.7. The van der Waals surface area contributed by atoms with Crippen molar-refractivity contribution in [3.63, 3.8) is 0 Å². The lowest BCUT2D eigenvalue weighted by Gasteiger charge is -2.44. The minimum atomic E-state index is -0.287. The maximum Gasteiger partial charge on any atom is 0.282 e. The maximum absolute atomic E-state index is 13.2. The molecule has 126 valence electrons. The molecule has 5 nitrogen and oxygen atoms in total. The number of rotatable bonds is 4. The van der Waals surface area contributed by atoms with Crippen LogP contribution in [0.2, 0.25) is 0 Å². The van der Waals surface area contributed by atoms with E-state index in [1.165, 1.54) is 35.2 Å². The molecule has 3 fully saturated rings. The number of amides is 1. The van der Waals surface area contributed by atoms with E-state index < -0.39 is 0 Å². The van der Waals surface area contributed by atoms with E-state index in [1.54, 1.807) is 6.07 Å². The number of hydrogen-bond donors (Lipinski definition) is 1. The molecule has 4 heterocycles. The van der Waals surface area contributed by atoms with Gasteiger partial charge in [0.25, 0.3) is 5.91 Å². The molecule has 24 heavy (non-hydrogen) atoms. The first kappa shape index (κ1) is 16.0. The highest BCUT2D eigenvalue weighted by atomic mass is 32.2. The molecule has 0 radical (unpaired) electrons. The predicted octanol–water partition coefficient (Wildman–Crippen LogP) is 2.65. The predicted molar refractivity (Wildman–Crippen MR) is 90.9 cm³/mol. The van der Waals surface area contributed by atoms with Gasteiger partial charge in [-0.2, -0.15) is 0 Å². The summed E-state index contributed by atoms with van der Waals surface area (Å²) in [5.74, 6) is 0.134. The van der Waals surface area contributed by atoms with Crippen molar-refractivity contribution in [1.29, 1.82) is 0 Å². The number of benzene rings is 1. The van der Waals surface area contributed by atoms with Crippen molar-refractivity contribution in [2.24, 2.45) is 5.92 Å². The highest BCUT2D eigenvalue weighted by Gasteiger charge is 2.35. The van der Waals surface area contributed by atoms with Crippen LogP contribution in [0.5, 0.6) is 0 Å². The van der Waals surface area contributed by atoms with Crippen LogP contribution in [0.15, 0.2) is 33.5 Å². The van der Waals surface area contributed by atoms with Crippen molar-refractivity contribution in [2.75, 3.05) is 19.6 Å². The minimum absolute atomic E-state index is 0.155. The standard InChI is InChI=1S/C16H17FN4OS2/c17-11-2-1-3-12(8-11)23-16-20-19-15(24-16)14(22)18-13-9-21-6-4-10(13)5-7-21/h1-3,8,10,13H,4-7,9H2,(H,18,22)/t13-/m0/s1. The Morgan fingerprint density at radius 2 is 2.17 bits per heavy atom. The largest absolute Gasteiger partial charge is 0.346 e. The first-order valence-electron chi connectivity index (χ1n) is 7.97. The molecular weight excluding hydrogens is 347 g/mol. The van der Waals surface area contributed by atoms with Crippen LogP contribution in [0.4, 0.5) is 4.39 Å². The van der Waals surface area contributed by atoms with Gasteiger partial charge in [-0.15, -0.1) is 10.2 Å². The molecule has 0 unspecified atom stereocenters. The number of carbonyl (C=O) groups excluding carboxylic acids is 1. The Balaban J connectivity index is 1.40. The van der Waals surface area contributed by atoms with Gasteiger partial charge in [0.15, 0.2) is 4.34 Å². The molecule has 0 saturated carbocycles. The van der Waals surface area contributed by atoms with Crippen LogP contribution in [-0.4, -0.2) is 46.7 Å². The van der Waals surface area contributed by atoms with Crippen LogP contribution >= 0.6 is 23.1 Å². The molecule has 8 heteroatoms. The fourth-order valence-corrected chi connectivity index (χ4v) is 5.11.